The molecule has 0 spiro atoms. The van der Waals surface area contributed by atoms with E-state index in [1.165, 1.54) is 0 Å². The number of hydrogen-bond acceptors (Lipinski definition) is 2. The van der Waals surface area contributed by atoms with E-state index < -0.39 is 0 Å². The fourth-order valence-corrected chi connectivity index (χ4v) is 1.28. The molecule has 0 aliphatic carbocycles. The summed E-state index contributed by atoms with van der Waals surface area (Å²) in [5.41, 5.74) is 2.17. The Labute approximate surface area is 73.3 Å². The van der Waals surface area contributed by atoms with Gasteiger partial charge >= 0.3 is 0 Å². The summed E-state index contributed by atoms with van der Waals surface area (Å²) in [6.07, 6.45) is 4.92. The summed E-state index contributed by atoms with van der Waals surface area (Å²) in [6.45, 7) is 4.05. The molecule has 2 nitrogen and oxygen atoms in total. The monoisotopic (exact) mass is 165 g/mol. The maximum Gasteiger partial charge on any atom is 0.0791 e. The van der Waals surface area contributed by atoms with Crippen LogP contribution in [0.1, 0.15) is 37.5 Å². The molecule has 1 aromatic rings. The lowest BCUT2D eigenvalue weighted by molar-refractivity contribution is 0.172. The smallest absolute Gasteiger partial charge is 0.0791 e. The van der Waals surface area contributed by atoms with Crippen LogP contribution < -0.4 is 0 Å². The van der Waals surface area contributed by atoms with Gasteiger partial charge in [-0.15, -0.1) is 0 Å². The van der Waals surface area contributed by atoms with E-state index in [-0.39, 0.29) is 6.10 Å². The van der Waals surface area contributed by atoms with Crippen LogP contribution in [0.25, 0.3) is 0 Å². The Hall–Kier alpha value is -0.890. The molecule has 66 valence electrons. The number of aliphatic hydroxyl groups excluding tert-OH is 1. The minimum atomic E-state index is -0.331. The first-order valence-corrected chi connectivity index (χ1v) is 4.40. The molecule has 0 fully saturated rings. The van der Waals surface area contributed by atoms with E-state index in [0.717, 1.165) is 24.0 Å². The molecule has 0 radical (unpaired) electrons. The van der Waals surface area contributed by atoms with Gasteiger partial charge in [-0.2, -0.15) is 0 Å². The predicted molar refractivity (Wildman–Crippen MR) is 48.9 cm³/mol. The van der Waals surface area contributed by atoms with E-state index >= 15 is 0 Å². The van der Waals surface area contributed by atoms with Crippen molar-refractivity contribution in [1.29, 1.82) is 0 Å². The van der Waals surface area contributed by atoms with Crippen LogP contribution in [0.4, 0.5) is 0 Å². The highest BCUT2D eigenvalue weighted by Gasteiger charge is 2.08. The predicted octanol–water partition coefficient (Wildman–Crippen LogP) is 2.09. The van der Waals surface area contributed by atoms with Crippen LogP contribution in [-0.2, 0) is 6.42 Å². The quantitative estimate of drug-likeness (QED) is 0.744. The number of hydrogen-bond donors (Lipinski definition) is 1. The Morgan fingerprint density at radius 1 is 1.50 bits per heavy atom. The molecule has 0 aromatic carbocycles. The van der Waals surface area contributed by atoms with Crippen molar-refractivity contribution in [2.75, 3.05) is 0 Å². The first-order valence-electron chi connectivity index (χ1n) is 4.40. The molecular weight excluding hydrogens is 150 g/mol. The fraction of sp³-hybridized carbons (Fsp3) is 0.500. The second-order valence-electron chi connectivity index (χ2n) is 2.85. The van der Waals surface area contributed by atoms with Crippen LogP contribution in [0.3, 0.4) is 0 Å². The summed E-state index contributed by atoms with van der Waals surface area (Å²) in [6, 6.07) is 1.90. The molecule has 0 aliphatic rings. The van der Waals surface area contributed by atoms with Gasteiger partial charge in [0.1, 0.15) is 0 Å². The number of aromatic nitrogens is 1. The lowest BCUT2D eigenvalue weighted by atomic mass is 10.0. The Morgan fingerprint density at radius 3 is 2.83 bits per heavy atom. The Balaban J connectivity index is 2.96. The molecule has 1 aromatic heterocycles. The molecule has 12 heavy (non-hydrogen) atoms. The van der Waals surface area contributed by atoms with Gasteiger partial charge in [-0.05, 0) is 30.0 Å². The zero-order valence-corrected chi connectivity index (χ0v) is 7.62. The summed E-state index contributed by atoms with van der Waals surface area (Å²) >= 11 is 0. The average molecular weight is 165 g/mol. The van der Waals surface area contributed by atoms with Crippen molar-refractivity contribution in [3.05, 3.63) is 29.6 Å². The standard InChI is InChI=1S/C10H15NO/c1-3-8-7-11-6-5-9(8)10(12)4-2/h5-7,10,12H,3-4H2,1-2H3. The Bertz CT molecular complexity index is 247. The molecule has 0 aliphatic heterocycles. The zero-order valence-electron chi connectivity index (χ0n) is 7.62. The van der Waals surface area contributed by atoms with E-state index in [2.05, 4.69) is 11.9 Å². The van der Waals surface area contributed by atoms with Crippen LogP contribution in [0.5, 0.6) is 0 Å². The third kappa shape index (κ3) is 1.83. The van der Waals surface area contributed by atoms with Gasteiger partial charge in [0.25, 0.3) is 0 Å². The molecule has 1 rings (SSSR count). The number of aliphatic hydroxyl groups is 1. The first-order chi connectivity index (χ1) is 5.79. The zero-order chi connectivity index (χ0) is 8.97. The van der Waals surface area contributed by atoms with Gasteiger partial charge in [0.15, 0.2) is 0 Å². The van der Waals surface area contributed by atoms with Crippen molar-refractivity contribution in [3.8, 4) is 0 Å². The van der Waals surface area contributed by atoms with Crippen molar-refractivity contribution in [2.45, 2.75) is 32.8 Å². The van der Waals surface area contributed by atoms with Crippen LogP contribution in [0.15, 0.2) is 18.5 Å². The normalized spacial score (nSPS) is 12.9. The van der Waals surface area contributed by atoms with E-state index in [1.54, 1.807) is 6.20 Å². The lowest BCUT2D eigenvalue weighted by Crippen LogP contribution is -2.00. The summed E-state index contributed by atoms with van der Waals surface area (Å²) in [4.78, 5) is 4.02. The Morgan fingerprint density at radius 2 is 2.25 bits per heavy atom. The van der Waals surface area contributed by atoms with Crippen molar-refractivity contribution in [1.82, 2.24) is 4.98 Å². The molecule has 0 amide bonds. The first kappa shape index (κ1) is 9.20. The van der Waals surface area contributed by atoms with Gasteiger partial charge in [-0.3, -0.25) is 4.98 Å². The molecule has 0 saturated carbocycles. The summed E-state index contributed by atoms with van der Waals surface area (Å²) in [5.74, 6) is 0. The van der Waals surface area contributed by atoms with E-state index in [4.69, 9.17) is 0 Å². The van der Waals surface area contributed by atoms with Crippen molar-refractivity contribution in [2.24, 2.45) is 0 Å². The Kier molecular flexibility index (Phi) is 3.23. The number of pyridine rings is 1. The maximum absolute atomic E-state index is 9.61. The van der Waals surface area contributed by atoms with Gasteiger partial charge in [0.2, 0.25) is 0 Å². The van der Waals surface area contributed by atoms with Crippen LogP contribution in [0.2, 0.25) is 0 Å². The molecular formula is C10H15NO. The molecule has 1 heterocycles. The van der Waals surface area contributed by atoms with E-state index in [1.807, 2.05) is 19.2 Å². The third-order valence-corrected chi connectivity index (χ3v) is 2.07. The molecule has 1 unspecified atom stereocenters. The highest BCUT2D eigenvalue weighted by atomic mass is 16.3. The number of rotatable bonds is 3. The minimum absolute atomic E-state index is 0.331. The number of aryl methyl sites for hydroxylation is 1. The van der Waals surface area contributed by atoms with Crippen molar-refractivity contribution >= 4 is 0 Å². The summed E-state index contributed by atoms with van der Waals surface area (Å²) < 4.78 is 0. The fourth-order valence-electron chi connectivity index (χ4n) is 1.28. The molecule has 2 heteroatoms. The van der Waals surface area contributed by atoms with Gasteiger partial charge < -0.3 is 5.11 Å². The minimum Gasteiger partial charge on any atom is -0.388 e. The molecule has 1 atom stereocenters. The molecule has 1 N–H and O–H groups in total. The summed E-state index contributed by atoms with van der Waals surface area (Å²) in [7, 11) is 0. The van der Waals surface area contributed by atoms with Gasteiger partial charge in [-0.25, -0.2) is 0 Å². The lowest BCUT2D eigenvalue weighted by Gasteiger charge is -2.11. The van der Waals surface area contributed by atoms with Crippen LogP contribution in [0, 0.1) is 0 Å². The largest absolute Gasteiger partial charge is 0.388 e. The molecule has 0 bridgehead atoms. The van der Waals surface area contributed by atoms with Gasteiger partial charge in [0.05, 0.1) is 6.10 Å². The average Bonchev–Trinajstić information content (AvgIpc) is 2.16. The van der Waals surface area contributed by atoms with Crippen LogP contribution >= 0.6 is 0 Å². The highest BCUT2D eigenvalue weighted by molar-refractivity contribution is 5.25. The third-order valence-electron chi connectivity index (χ3n) is 2.07. The number of nitrogens with zero attached hydrogens (tertiary/aromatic N) is 1. The maximum atomic E-state index is 9.61. The topological polar surface area (TPSA) is 33.1 Å². The van der Waals surface area contributed by atoms with E-state index in [0.29, 0.717) is 0 Å². The second kappa shape index (κ2) is 4.21. The molecule has 0 saturated heterocycles. The van der Waals surface area contributed by atoms with Crippen LogP contribution in [-0.4, -0.2) is 10.1 Å². The van der Waals surface area contributed by atoms with E-state index in [9.17, 15) is 5.11 Å². The highest BCUT2D eigenvalue weighted by Crippen LogP contribution is 2.19. The summed E-state index contributed by atoms with van der Waals surface area (Å²) in [5, 5.41) is 9.61. The second-order valence-corrected chi connectivity index (χ2v) is 2.85. The SMILES string of the molecule is CCc1cnccc1C(O)CC. The van der Waals surface area contributed by atoms with Crippen molar-refractivity contribution < 1.29 is 5.11 Å². The van der Waals surface area contributed by atoms with Crippen molar-refractivity contribution in [3.63, 3.8) is 0 Å². The van der Waals surface area contributed by atoms with Gasteiger partial charge in [-0.1, -0.05) is 13.8 Å². The van der Waals surface area contributed by atoms with Gasteiger partial charge in [0, 0.05) is 12.4 Å².